The molecular weight excluding hydrogens is 454 g/mol. The van der Waals surface area contributed by atoms with Gasteiger partial charge in [-0.25, -0.2) is 14.2 Å². The zero-order chi connectivity index (χ0) is 23.7. The van der Waals surface area contributed by atoms with Gasteiger partial charge in [0.15, 0.2) is 0 Å². The zero-order valence-electron chi connectivity index (χ0n) is 17.8. The summed E-state index contributed by atoms with van der Waals surface area (Å²) in [5.74, 6) is 0. The number of piperidine rings is 1. The summed E-state index contributed by atoms with van der Waals surface area (Å²) >= 11 is 6.07. The molecule has 7 nitrogen and oxygen atoms in total. The van der Waals surface area contributed by atoms with Crippen molar-refractivity contribution in [2.75, 3.05) is 18.0 Å². The Labute approximate surface area is 187 Å². The van der Waals surface area contributed by atoms with Gasteiger partial charge in [0.25, 0.3) is 0 Å². The number of alkyl carbamates (subject to hydrolysis) is 1. The van der Waals surface area contributed by atoms with Crippen molar-refractivity contribution >= 4 is 23.4 Å². The topological polar surface area (TPSA) is 72.3 Å². The maximum atomic E-state index is 14.5. The molecule has 2 aromatic rings. The first-order chi connectivity index (χ1) is 14.8. The Kier molecular flexibility index (Phi) is 6.87. The van der Waals surface area contributed by atoms with Crippen molar-refractivity contribution in [1.82, 2.24) is 20.1 Å². The van der Waals surface area contributed by atoms with Crippen molar-refractivity contribution in [1.29, 1.82) is 0 Å². The van der Waals surface area contributed by atoms with Gasteiger partial charge in [-0.3, -0.25) is 4.68 Å². The summed E-state index contributed by atoms with van der Waals surface area (Å²) in [6.45, 7) is 4.32. The molecule has 0 saturated carbocycles. The third-order valence-corrected chi connectivity index (χ3v) is 4.91. The van der Waals surface area contributed by atoms with E-state index in [9.17, 15) is 22.4 Å². The highest BCUT2D eigenvalue weighted by Gasteiger charge is 2.33. The van der Waals surface area contributed by atoms with Gasteiger partial charge in [-0.1, -0.05) is 11.6 Å². The first kappa shape index (κ1) is 24.1. The van der Waals surface area contributed by atoms with Crippen LogP contribution in [0.1, 0.15) is 27.2 Å². The maximum Gasteiger partial charge on any atom is 0.408 e. The molecular formula is C20H24ClF4N5O2. The lowest BCUT2D eigenvalue weighted by Gasteiger charge is -2.37. The van der Waals surface area contributed by atoms with Crippen LogP contribution >= 0.6 is 11.6 Å². The largest absolute Gasteiger partial charge is 0.444 e. The van der Waals surface area contributed by atoms with Crippen LogP contribution in [0.4, 0.5) is 28.0 Å². The van der Waals surface area contributed by atoms with E-state index in [0.29, 0.717) is 23.4 Å². The number of pyridine rings is 1. The molecule has 1 N–H and O–H groups in total. The number of hydrogen-bond donors (Lipinski definition) is 1. The van der Waals surface area contributed by atoms with E-state index >= 15 is 0 Å². The number of halogens is 5. The predicted octanol–water partition coefficient (Wildman–Crippen LogP) is 4.60. The fraction of sp³-hybridized carbons (Fsp3) is 0.550. The van der Waals surface area contributed by atoms with Crippen LogP contribution in [-0.4, -0.2) is 57.9 Å². The SMILES string of the molecule is CC(C)(C)OC(=O)N[C@@H]1CN(c2cc(Cl)ncc2-c2cnn(CC(F)(F)F)c2)CC[C@H]1F. The van der Waals surface area contributed by atoms with Gasteiger partial charge in [0, 0.05) is 42.3 Å². The van der Waals surface area contributed by atoms with Gasteiger partial charge in [-0.05, 0) is 33.3 Å². The highest BCUT2D eigenvalue weighted by atomic mass is 35.5. The second-order valence-corrected chi connectivity index (χ2v) is 8.96. The van der Waals surface area contributed by atoms with Gasteiger partial charge < -0.3 is 15.0 Å². The minimum atomic E-state index is -4.41. The number of hydrogen-bond acceptors (Lipinski definition) is 5. The van der Waals surface area contributed by atoms with Crippen molar-refractivity contribution < 1.29 is 27.1 Å². The number of ether oxygens (including phenoxy) is 1. The average molecular weight is 478 g/mol. The van der Waals surface area contributed by atoms with E-state index in [4.69, 9.17) is 16.3 Å². The number of rotatable bonds is 4. The third kappa shape index (κ3) is 6.47. The molecule has 0 radical (unpaired) electrons. The standard InChI is InChI=1S/C20H24ClF4N5O2/c1-19(2,3)32-18(31)28-15-10-29(5-4-14(15)22)16-6-17(21)26-8-13(16)12-7-27-30(9-12)11-20(23,24)25/h6-9,14-15H,4-5,10-11H2,1-3H3,(H,28,31)/t14-,15-/m1/s1. The van der Waals surface area contributed by atoms with E-state index < -0.39 is 36.6 Å². The second kappa shape index (κ2) is 9.13. The monoisotopic (exact) mass is 477 g/mol. The average Bonchev–Trinajstić information content (AvgIpc) is 3.08. The molecule has 1 amide bonds. The first-order valence-corrected chi connectivity index (χ1v) is 10.3. The van der Waals surface area contributed by atoms with Crippen LogP contribution in [-0.2, 0) is 11.3 Å². The summed E-state index contributed by atoms with van der Waals surface area (Å²) in [5, 5.41) is 6.50. The Hall–Kier alpha value is -2.56. The molecule has 12 heteroatoms. The summed E-state index contributed by atoms with van der Waals surface area (Å²) < 4.78 is 58.6. The second-order valence-electron chi connectivity index (χ2n) is 8.57. The number of nitrogens with zero attached hydrogens (tertiary/aromatic N) is 4. The number of carbonyl (C=O) groups excluding carboxylic acids is 1. The predicted molar refractivity (Wildman–Crippen MR) is 111 cm³/mol. The Bertz CT molecular complexity index is 960. The molecule has 0 bridgehead atoms. The van der Waals surface area contributed by atoms with Crippen molar-refractivity contribution in [2.45, 2.75) is 57.7 Å². The van der Waals surface area contributed by atoms with Crippen LogP contribution in [0.25, 0.3) is 11.1 Å². The highest BCUT2D eigenvalue weighted by molar-refractivity contribution is 6.29. The number of nitrogens with one attached hydrogen (secondary N) is 1. The van der Waals surface area contributed by atoms with E-state index in [1.165, 1.54) is 18.6 Å². The summed E-state index contributed by atoms with van der Waals surface area (Å²) in [7, 11) is 0. The molecule has 2 aromatic heterocycles. The van der Waals surface area contributed by atoms with Gasteiger partial charge >= 0.3 is 12.3 Å². The lowest BCUT2D eigenvalue weighted by Crippen LogP contribution is -2.54. The van der Waals surface area contributed by atoms with Crippen molar-refractivity contribution in [3.8, 4) is 11.1 Å². The molecule has 176 valence electrons. The number of aromatic nitrogens is 3. The molecule has 1 aliphatic rings. The molecule has 0 unspecified atom stereocenters. The Morgan fingerprint density at radius 3 is 2.69 bits per heavy atom. The Morgan fingerprint density at radius 1 is 1.31 bits per heavy atom. The summed E-state index contributed by atoms with van der Waals surface area (Å²) in [4.78, 5) is 18.0. The lowest BCUT2D eigenvalue weighted by molar-refractivity contribution is -0.142. The van der Waals surface area contributed by atoms with Gasteiger partial charge in [-0.2, -0.15) is 18.3 Å². The van der Waals surface area contributed by atoms with Crippen molar-refractivity contribution in [2.24, 2.45) is 0 Å². The maximum absolute atomic E-state index is 14.5. The van der Waals surface area contributed by atoms with E-state index in [0.717, 1.165) is 4.68 Å². The molecule has 3 heterocycles. The molecule has 1 aliphatic heterocycles. The molecule has 3 rings (SSSR count). The molecule has 0 aliphatic carbocycles. The number of amides is 1. The van der Waals surface area contributed by atoms with Gasteiger partial charge in [0.2, 0.25) is 0 Å². The van der Waals surface area contributed by atoms with E-state index in [-0.39, 0.29) is 18.1 Å². The molecule has 0 spiro atoms. The molecule has 2 atom stereocenters. The summed E-state index contributed by atoms with van der Waals surface area (Å²) in [6.07, 6.45) is -2.29. The minimum Gasteiger partial charge on any atom is -0.444 e. The lowest BCUT2D eigenvalue weighted by atomic mass is 10.0. The Morgan fingerprint density at radius 2 is 2.03 bits per heavy atom. The highest BCUT2D eigenvalue weighted by Crippen LogP contribution is 2.34. The molecule has 0 aromatic carbocycles. The molecule has 1 saturated heterocycles. The van der Waals surface area contributed by atoms with E-state index in [1.54, 1.807) is 26.8 Å². The minimum absolute atomic E-state index is 0.116. The number of anilines is 1. The van der Waals surface area contributed by atoms with Crippen molar-refractivity contribution in [3.63, 3.8) is 0 Å². The van der Waals surface area contributed by atoms with E-state index in [1.807, 2.05) is 4.90 Å². The smallest absolute Gasteiger partial charge is 0.408 e. The van der Waals surface area contributed by atoms with Crippen LogP contribution in [0.5, 0.6) is 0 Å². The summed E-state index contributed by atoms with van der Waals surface area (Å²) in [5.41, 5.74) is 0.732. The Balaban J connectivity index is 1.83. The normalized spacial score (nSPS) is 19.7. The van der Waals surface area contributed by atoms with E-state index in [2.05, 4.69) is 15.4 Å². The summed E-state index contributed by atoms with van der Waals surface area (Å²) in [6, 6.07) is 0.715. The van der Waals surface area contributed by atoms with Crippen molar-refractivity contribution in [3.05, 3.63) is 29.8 Å². The zero-order valence-corrected chi connectivity index (χ0v) is 18.5. The van der Waals surface area contributed by atoms with Crippen LogP contribution < -0.4 is 10.2 Å². The van der Waals surface area contributed by atoms with Crippen LogP contribution in [0.3, 0.4) is 0 Å². The number of alkyl halides is 4. The number of carbonyl (C=O) groups is 1. The van der Waals surface area contributed by atoms with Gasteiger partial charge in [0.05, 0.1) is 12.2 Å². The van der Waals surface area contributed by atoms with Crippen LogP contribution in [0.2, 0.25) is 5.15 Å². The quantitative estimate of drug-likeness (QED) is 0.514. The van der Waals surface area contributed by atoms with Gasteiger partial charge in [0.1, 0.15) is 23.5 Å². The fourth-order valence-electron chi connectivity index (χ4n) is 3.41. The van der Waals surface area contributed by atoms with Crippen LogP contribution in [0, 0.1) is 0 Å². The molecule has 32 heavy (non-hydrogen) atoms. The third-order valence-electron chi connectivity index (χ3n) is 4.71. The van der Waals surface area contributed by atoms with Crippen LogP contribution in [0.15, 0.2) is 24.7 Å². The fourth-order valence-corrected chi connectivity index (χ4v) is 3.57. The first-order valence-electron chi connectivity index (χ1n) is 9.94. The molecule has 1 fully saturated rings. The van der Waals surface area contributed by atoms with Gasteiger partial charge in [-0.15, -0.1) is 0 Å².